The lowest BCUT2D eigenvalue weighted by atomic mass is 9.94. The van der Waals surface area contributed by atoms with Crippen LogP contribution in [0, 0.1) is 28.1 Å². The zero-order valence-electron chi connectivity index (χ0n) is 19.2. The third-order valence-electron chi connectivity index (χ3n) is 4.65. The Bertz CT molecular complexity index is 1320. The van der Waals surface area contributed by atoms with Gasteiger partial charge in [-0.3, -0.25) is 19.0 Å². The predicted octanol–water partition coefficient (Wildman–Crippen LogP) is 1.10. The second kappa shape index (κ2) is 10.6. The largest absolute Gasteiger partial charge is 0.360 e. The van der Waals surface area contributed by atoms with Crippen molar-refractivity contribution < 1.29 is 9.59 Å². The summed E-state index contributed by atoms with van der Waals surface area (Å²) in [5.41, 5.74) is 0.257. The molecule has 1 aromatic heterocycles. The molecule has 0 unspecified atom stereocenters. The molecular weight excluding hydrogens is 440 g/mol. The van der Waals surface area contributed by atoms with E-state index in [0.717, 1.165) is 11.3 Å². The molecule has 2 aromatic rings. The molecule has 10 heteroatoms. The minimum absolute atomic E-state index is 0.0356. The maximum absolute atomic E-state index is 12.8. The first-order valence-corrected chi connectivity index (χ1v) is 11.0. The fourth-order valence-electron chi connectivity index (χ4n) is 2.97. The van der Waals surface area contributed by atoms with Crippen LogP contribution in [0.25, 0.3) is 11.8 Å². The highest BCUT2D eigenvalue weighted by atomic mass is 32.1. The topological polar surface area (TPSA) is 131 Å². The summed E-state index contributed by atoms with van der Waals surface area (Å²) in [5.74, 6) is -0.743. The monoisotopic (exact) mass is 466 g/mol. The molecule has 9 nitrogen and oxygen atoms in total. The smallest absolute Gasteiger partial charge is 0.270 e. The van der Waals surface area contributed by atoms with Crippen LogP contribution < -0.4 is 30.3 Å². The predicted molar refractivity (Wildman–Crippen MR) is 129 cm³/mol. The molecule has 0 aliphatic carbocycles. The van der Waals surface area contributed by atoms with Gasteiger partial charge in [-0.25, -0.2) is 0 Å². The van der Waals surface area contributed by atoms with Gasteiger partial charge in [0.2, 0.25) is 5.91 Å². The van der Waals surface area contributed by atoms with Crippen LogP contribution in [0.3, 0.4) is 0 Å². The number of benzene rings is 1. The van der Waals surface area contributed by atoms with E-state index >= 15 is 0 Å². The molecule has 0 spiro atoms. The van der Waals surface area contributed by atoms with Crippen LogP contribution in [0.5, 0.6) is 0 Å². The molecule has 0 atom stereocenters. The summed E-state index contributed by atoms with van der Waals surface area (Å²) >= 11 is 1.01. The molecule has 2 rings (SSSR count). The summed E-state index contributed by atoms with van der Waals surface area (Å²) in [5, 5.41) is 23.5. The van der Waals surface area contributed by atoms with Gasteiger partial charge in [-0.05, 0) is 25.1 Å². The highest BCUT2D eigenvalue weighted by molar-refractivity contribution is 7.07. The van der Waals surface area contributed by atoms with E-state index in [1.165, 1.54) is 10.8 Å². The van der Waals surface area contributed by atoms with Crippen molar-refractivity contribution in [3.63, 3.8) is 0 Å². The number of nitriles is 2. The van der Waals surface area contributed by atoms with Crippen LogP contribution in [0.2, 0.25) is 0 Å². The van der Waals surface area contributed by atoms with Gasteiger partial charge in [-0.1, -0.05) is 26.8 Å². The summed E-state index contributed by atoms with van der Waals surface area (Å²) in [4.78, 5) is 39.2. The molecule has 0 saturated carbocycles. The lowest BCUT2D eigenvalue weighted by Gasteiger charge is -2.26. The molecule has 2 N–H and O–H groups in total. The standard InChI is InChI=1S/C23H26N6O3S/c1-6-29-20(31)18(33-21(29)17(13-25)19(30)26-11-10-24)14-27-15-8-7-9-16(12-15)28(5)22(32)23(2,3)4/h7-9,12,14,27H,6,11H2,1-5H3,(H,26,30). The summed E-state index contributed by atoms with van der Waals surface area (Å²) in [6.07, 6.45) is 1.51. The number of thiazole rings is 1. The number of carbonyl (C=O) groups is 2. The lowest BCUT2D eigenvalue weighted by Crippen LogP contribution is -2.36. The summed E-state index contributed by atoms with van der Waals surface area (Å²) < 4.78 is 1.87. The van der Waals surface area contributed by atoms with E-state index in [1.54, 1.807) is 43.1 Å². The zero-order valence-corrected chi connectivity index (χ0v) is 20.0. The van der Waals surface area contributed by atoms with Gasteiger partial charge in [0.25, 0.3) is 11.5 Å². The molecule has 0 aliphatic rings. The van der Waals surface area contributed by atoms with Crippen molar-refractivity contribution in [2.75, 3.05) is 23.8 Å². The molecule has 0 saturated heterocycles. The number of nitrogens with zero attached hydrogens (tertiary/aromatic N) is 4. The Kier molecular flexibility index (Phi) is 8.16. The van der Waals surface area contributed by atoms with E-state index < -0.39 is 11.3 Å². The van der Waals surface area contributed by atoms with E-state index in [2.05, 4.69) is 10.6 Å². The SMILES string of the molecule is CCn1c(=C(C#N)C(=O)NCC#N)sc(=CNc2cccc(N(C)C(=O)C(C)(C)C)c2)c1=O. The highest BCUT2D eigenvalue weighted by Crippen LogP contribution is 2.24. The normalized spacial score (nSPS) is 12.4. The van der Waals surface area contributed by atoms with Crippen LogP contribution in [0.15, 0.2) is 29.1 Å². The number of carbonyl (C=O) groups excluding carboxylic acids is 2. The third-order valence-corrected chi connectivity index (χ3v) is 5.78. The number of anilines is 2. The van der Waals surface area contributed by atoms with Crippen molar-refractivity contribution in [1.82, 2.24) is 9.88 Å². The summed E-state index contributed by atoms with van der Waals surface area (Å²) in [6, 6.07) is 10.8. The Balaban J connectivity index is 2.47. The van der Waals surface area contributed by atoms with Gasteiger partial charge >= 0.3 is 0 Å². The van der Waals surface area contributed by atoms with Gasteiger partial charge in [-0.2, -0.15) is 10.5 Å². The Hall–Kier alpha value is -3.89. The minimum Gasteiger partial charge on any atom is -0.360 e. The van der Waals surface area contributed by atoms with Crippen molar-refractivity contribution in [2.24, 2.45) is 5.41 Å². The first-order valence-electron chi connectivity index (χ1n) is 10.2. The van der Waals surface area contributed by atoms with Crippen LogP contribution in [0.4, 0.5) is 11.4 Å². The van der Waals surface area contributed by atoms with E-state index in [4.69, 9.17) is 5.26 Å². The van der Waals surface area contributed by atoms with Crippen molar-refractivity contribution in [3.8, 4) is 12.1 Å². The van der Waals surface area contributed by atoms with E-state index in [0.29, 0.717) is 15.9 Å². The third kappa shape index (κ3) is 5.88. The fourth-order valence-corrected chi connectivity index (χ4v) is 4.06. The molecule has 0 fully saturated rings. The fraction of sp³-hybridized carbons (Fsp3) is 0.348. The molecule has 0 bridgehead atoms. The van der Waals surface area contributed by atoms with Crippen molar-refractivity contribution in [3.05, 3.63) is 43.8 Å². The Morgan fingerprint density at radius 2 is 1.97 bits per heavy atom. The molecular formula is C23H26N6O3S. The van der Waals surface area contributed by atoms with Crippen molar-refractivity contribution in [1.29, 1.82) is 10.5 Å². The number of amides is 2. The minimum atomic E-state index is -0.707. The number of aromatic nitrogens is 1. The highest BCUT2D eigenvalue weighted by Gasteiger charge is 2.25. The van der Waals surface area contributed by atoms with Gasteiger partial charge < -0.3 is 15.5 Å². The van der Waals surface area contributed by atoms with Crippen molar-refractivity contribution in [2.45, 2.75) is 34.2 Å². The molecule has 172 valence electrons. The second-order valence-electron chi connectivity index (χ2n) is 8.10. The van der Waals surface area contributed by atoms with Gasteiger partial charge in [0.05, 0.1) is 6.07 Å². The average Bonchev–Trinajstić information content (AvgIpc) is 3.10. The molecule has 1 aromatic carbocycles. The lowest BCUT2D eigenvalue weighted by molar-refractivity contribution is -0.125. The molecule has 0 aliphatic heterocycles. The Labute approximate surface area is 195 Å². The van der Waals surface area contributed by atoms with E-state index in [9.17, 15) is 19.6 Å². The van der Waals surface area contributed by atoms with Gasteiger partial charge in [0.15, 0.2) is 5.57 Å². The number of hydrogen-bond acceptors (Lipinski definition) is 7. The molecule has 1 heterocycles. The van der Waals surface area contributed by atoms with Gasteiger partial charge in [-0.15, -0.1) is 11.3 Å². The average molecular weight is 467 g/mol. The van der Waals surface area contributed by atoms with Gasteiger partial charge in [0, 0.05) is 36.6 Å². The van der Waals surface area contributed by atoms with Gasteiger partial charge in [0.1, 0.15) is 21.8 Å². The van der Waals surface area contributed by atoms with Crippen molar-refractivity contribution >= 4 is 46.3 Å². The summed E-state index contributed by atoms with van der Waals surface area (Å²) in [7, 11) is 1.71. The zero-order chi connectivity index (χ0) is 24.8. The van der Waals surface area contributed by atoms with Crippen LogP contribution >= 0.6 is 11.3 Å². The Morgan fingerprint density at radius 3 is 2.55 bits per heavy atom. The van der Waals surface area contributed by atoms with Crippen LogP contribution in [0.1, 0.15) is 27.7 Å². The van der Waals surface area contributed by atoms with Crippen LogP contribution in [-0.2, 0) is 16.1 Å². The number of nitrogens with one attached hydrogen (secondary N) is 2. The maximum Gasteiger partial charge on any atom is 0.270 e. The van der Waals surface area contributed by atoms with E-state index in [-0.39, 0.29) is 34.8 Å². The number of hydrogen-bond donors (Lipinski definition) is 2. The quantitative estimate of drug-likeness (QED) is 0.613. The first kappa shape index (κ1) is 25.4. The summed E-state index contributed by atoms with van der Waals surface area (Å²) in [6.45, 7) is 7.31. The first-order chi connectivity index (χ1) is 15.5. The van der Waals surface area contributed by atoms with E-state index in [1.807, 2.05) is 32.9 Å². The molecule has 2 amide bonds. The van der Waals surface area contributed by atoms with Crippen LogP contribution in [-0.4, -0.2) is 30.0 Å². The second-order valence-corrected chi connectivity index (χ2v) is 9.13. The maximum atomic E-state index is 12.8. The Morgan fingerprint density at radius 1 is 1.27 bits per heavy atom. The molecule has 33 heavy (non-hydrogen) atoms. The number of rotatable bonds is 6. The molecule has 0 radical (unpaired) electrons.